The summed E-state index contributed by atoms with van der Waals surface area (Å²) >= 11 is 0. The zero-order valence-electron chi connectivity index (χ0n) is 15.0. The molecule has 0 aromatic heterocycles. The second kappa shape index (κ2) is 7.03. The third-order valence-corrected chi connectivity index (χ3v) is 5.77. The highest BCUT2D eigenvalue weighted by atomic mass is 31.1. The minimum absolute atomic E-state index is 0.0806. The molecule has 1 unspecified atom stereocenters. The molecular weight excluding hydrogens is 301 g/mol. The Morgan fingerprint density at radius 2 is 1.78 bits per heavy atom. The average molecular weight is 329 g/mol. The predicted octanol–water partition coefficient (Wildman–Crippen LogP) is 3.66. The maximum atomic E-state index is 10.6. The lowest BCUT2D eigenvalue weighted by Crippen LogP contribution is -2.19. The lowest BCUT2D eigenvalue weighted by atomic mass is 9.86. The molecule has 1 atom stereocenters. The van der Waals surface area contributed by atoms with E-state index >= 15 is 0 Å². The van der Waals surface area contributed by atoms with Crippen molar-refractivity contribution in [3.8, 4) is 5.75 Å². The van der Waals surface area contributed by atoms with Gasteiger partial charge in [-0.2, -0.15) is 0 Å². The first-order valence-electron chi connectivity index (χ1n) is 8.08. The highest BCUT2D eigenvalue weighted by molar-refractivity contribution is 7.56. The lowest BCUT2D eigenvalue weighted by molar-refractivity contribution is 0.474. The van der Waals surface area contributed by atoms with Crippen LogP contribution in [0.2, 0.25) is 0 Å². The van der Waals surface area contributed by atoms with Crippen LogP contribution in [0.15, 0.2) is 30.3 Å². The van der Waals surface area contributed by atoms with Gasteiger partial charge in [-0.25, -0.2) is 0 Å². The quantitative estimate of drug-likeness (QED) is 0.839. The molecule has 0 aliphatic rings. The molecule has 3 heteroatoms. The molecule has 0 aliphatic carbocycles. The Labute approximate surface area is 142 Å². The predicted molar refractivity (Wildman–Crippen MR) is 103 cm³/mol. The number of hydrogen-bond donors (Lipinski definition) is 2. The molecule has 0 saturated heterocycles. The van der Waals surface area contributed by atoms with Gasteiger partial charge in [0.1, 0.15) is 5.75 Å². The van der Waals surface area contributed by atoms with E-state index in [2.05, 4.69) is 63.3 Å². The molecule has 2 rings (SSSR count). The van der Waals surface area contributed by atoms with Gasteiger partial charge in [-0.05, 0) is 59.9 Å². The summed E-state index contributed by atoms with van der Waals surface area (Å²) in [7, 11) is 2.43. The van der Waals surface area contributed by atoms with Gasteiger partial charge < -0.3 is 10.4 Å². The number of rotatable bonds is 4. The molecule has 124 valence electrons. The Morgan fingerprint density at radius 3 is 2.39 bits per heavy atom. The van der Waals surface area contributed by atoms with E-state index in [4.69, 9.17) is 0 Å². The standard InChI is InChI=1S/C20H28NOP/c1-13-8-7-9-15(12-21-6)19(13)23-17-11-16(20(3,4)5)10-14(2)18(17)22/h7-11,21-23H,12H2,1-6H3. The zero-order valence-corrected chi connectivity index (χ0v) is 16.0. The lowest BCUT2D eigenvalue weighted by Gasteiger charge is -2.22. The van der Waals surface area contributed by atoms with Crippen LogP contribution in [0.4, 0.5) is 0 Å². The van der Waals surface area contributed by atoms with Gasteiger partial charge in [-0.3, -0.25) is 0 Å². The second-order valence-electron chi connectivity index (χ2n) is 7.20. The summed E-state index contributed by atoms with van der Waals surface area (Å²) in [6.07, 6.45) is 0. The summed E-state index contributed by atoms with van der Waals surface area (Å²) in [4.78, 5) is 0. The number of nitrogens with one attached hydrogen (secondary N) is 1. The molecule has 2 aromatic carbocycles. The number of phenolic OH excluding ortho intramolecular Hbond substituents is 1. The molecule has 2 nitrogen and oxygen atoms in total. The van der Waals surface area contributed by atoms with Crippen molar-refractivity contribution in [1.29, 1.82) is 0 Å². The highest BCUT2D eigenvalue weighted by Crippen LogP contribution is 2.30. The van der Waals surface area contributed by atoms with Crippen LogP contribution in [0.25, 0.3) is 0 Å². The smallest absolute Gasteiger partial charge is 0.126 e. The number of benzene rings is 2. The van der Waals surface area contributed by atoms with Crippen molar-refractivity contribution in [2.75, 3.05) is 7.05 Å². The van der Waals surface area contributed by atoms with E-state index in [9.17, 15) is 5.11 Å². The number of aryl methyl sites for hydroxylation is 2. The summed E-state index contributed by atoms with van der Waals surface area (Å²) in [6.45, 7) is 11.6. The van der Waals surface area contributed by atoms with Crippen LogP contribution in [0.1, 0.15) is 43.0 Å². The van der Waals surface area contributed by atoms with Crippen molar-refractivity contribution in [3.05, 3.63) is 52.6 Å². The van der Waals surface area contributed by atoms with Crippen LogP contribution in [0.3, 0.4) is 0 Å². The molecule has 0 aliphatic heterocycles. The first-order chi connectivity index (χ1) is 10.7. The monoisotopic (exact) mass is 329 g/mol. The molecule has 0 amide bonds. The Bertz CT molecular complexity index is 702. The maximum absolute atomic E-state index is 10.6. The van der Waals surface area contributed by atoms with E-state index in [0.717, 1.165) is 17.4 Å². The topological polar surface area (TPSA) is 32.3 Å². The van der Waals surface area contributed by atoms with Crippen LogP contribution in [-0.2, 0) is 12.0 Å². The average Bonchev–Trinajstić information content (AvgIpc) is 2.46. The van der Waals surface area contributed by atoms with Crippen molar-refractivity contribution in [1.82, 2.24) is 5.32 Å². The first-order valence-corrected chi connectivity index (χ1v) is 9.08. The maximum Gasteiger partial charge on any atom is 0.126 e. The van der Waals surface area contributed by atoms with Crippen molar-refractivity contribution in [3.63, 3.8) is 0 Å². The fourth-order valence-electron chi connectivity index (χ4n) is 2.69. The zero-order chi connectivity index (χ0) is 17.2. The third-order valence-electron chi connectivity index (χ3n) is 4.15. The molecular formula is C20H28NOP. The van der Waals surface area contributed by atoms with E-state index in [-0.39, 0.29) is 5.41 Å². The van der Waals surface area contributed by atoms with Gasteiger partial charge in [0.05, 0.1) is 0 Å². The molecule has 0 heterocycles. The van der Waals surface area contributed by atoms with E-state index < -0.39 is 0 Å². The van der Waals surface area contributed by atoms with Crippen molar-refractivity contribution < 1.29 is 5.11 Å². The van der Waals surface area contributed by atoms with Gasteiger partial charge >= 0.3 is 0 Å². The van der Waals surface area contributed by atoms with Gasteiger partial charge in [0, 0.05) is 11.8 Å². The molecule has 23 heavy (non-hydrogen) atoms. The summed E-state index contributed by atoms with van der Waals surface area (Å²) in [5.74, 6) is 0.440. The largest absolute Gasteiger partial charge is 0.507 e. The Balaban J connectivity index is 2.51. The van der Waals surface area contributed by atoms with Crippen LogP contribution in [0, 0.1) is 13.8 Å². The molecule has 2 N–H and O–H groups in total. The number of hydrogen-bond acceptors (Lipinski definition) is 2. The van der Waals surface area contributed by atoms with Gasteiger partial charge in [-0.1, -0.05) is 53.6 Å². The number of aromatic hydroxyl groups is 1. The van der Waals surface area contributed by atoms with Gasteiger partial charge in [0.15, 0.2) is 0 Å². The Kier molecular flexibility index (Phi) is 5.49. The Hall–Kier alpha value is -1.37. The molecule has 2 aromatic rings. The third kappa shape index (κ3) is 4.13. The normalized spacial score (nSPS) is 12.3. The first kappa shape index (κ1) is 18.0. The summed E-state index contributed by atoms with van der Waals surface area (Å²) in [5, 5.41) is 16.2. The van der Waals surface area contributed by atoms with Crippen LogP contribution < -0.4 is 15.9 Å². The summed E-state index contributed by atoms with van der Waals surface area (Å²) < 4.78 is 0. The SMILES string of the molecule is CNCc1cccc(C)c1Pc1cc(C(C)(C)C)cc(C)c1O. The van der Waals surface area contributed by atoms with Crippen LogP contribution >= 0.6 is 8.58 Å². The molecule has 0 saturated carbocycles. The highest BCUT2D eigenvalue weighted by Gasteiger charge is 2.18. The molecule has 0 bridgehead atoms. The minimum atomic E-state index is 0.0806. The Morgan fingerprint density at radius 1 is 1.09 bits per heavy atom. The van der Waals surface area contributed by atoms with Crippen molar-refractivity contribution in [2.45, 2.75) is 46.6 Å². The van der Waals surface area contributed by atoms with Gasteiger partial charge in [-0.15, -0.1) is 0 Å². The second-order valence-corrected chi connectivity index (χ2v) is 8.49. The summed E-state index contributed by atoms with van der Waals surface area (Å²) in [6, 6.07) is 10.7. The number of phenols is 1. The van der Waals surface area contributed by atoms with E-state index in [0.29, 0.717) is 14.3 Å². The van der Waals surface area contributed by atoms with E-state index in [1.807, 2.05) is 14.0 Å². The molecule has 0 radical (unpaired) electrons. The minimum Gasteiger partial charge on any atom is -0.507 e. The summed E-state index contributed by atoms with van der Waals surface area (Å²) in [5.41, 5.74) is 4.91. The van der Waals surface area contributed by atoms with Crippen molar-refractivity contribution >= 4 is 19.2 Å². The fraction of sp³-hybridized carbons (Fsp3) is 0.400. The van der Waals surface area contributed by atoms with Crippen molar-refractivity contribution in [2.24, 2.45) is 0 Å². The van der Waals surface area contributed by atoms with E-state index in [1.165, 1.54) is 22.0 Å². The fourth-order valence-corrected chi connectivity index (χ4v) is 4.11. The van der Waals surface area contributed by atoms with Gasteiger partial charge in [0.25, 0.3) is 0 Å². The molecule has 0 spiro atoms. The van der Waals surface area contributed by atoms with Crippen LogP contribution in [0.5, 0.6) is 5.75 Å². The van der Waals surface area contributed by atoms with Gasteiger partial charge in [0.2, 0.25) is 0 Å². The van der Waals surface area contributed by atoms with E-state index in [1.54, 1.807) is 0 Å². The van der Waals surface area contributed by atoms with Crippen LogP contribution in [-0.4, -0.2) is 12.2 Å². The molecule has 0 fully saturated rings.